The molecule has 74 valence electrons. The van der Waals surface area contributed by atoms with Crippen LogP contribution in [0.25, 0.3) is 0 Å². The summed E-state index contributed by atoms with van der Waals surface area (Å²) in [6.07, 6.45) is 4.91. The molecule has 0 spiro atoms. The third-order valence-electron chi connectivity index (χ3n) is 2.03. The van der Waals surface area contributed by atoms with Crippen molar-refractivity contribution in [3.05, 3.63) is 18.0 Å². The van der Waals surface area contributed by atoms with Gasteiger partial charge >= 0.3 is 0 Å². The Morgan fingerprint density at radius 2 is 2.54 bits per heavy atom. The molecule has 1 heterocycles. The highest BCUT2D eigenvalue weighted by atomic mass is 32.2. The number of nitrogens with two attached hydrogens (primary N) is 1. The second kappa shape index (κ2) is 5.26. The van der Waals surface area contributed by atoms with E-state index in [-0.39, 0.29) is 6.04 Å². The maximum atomic E-state index is 5.47. The predicted octanol–water partition coefficient (Wildman–Crippen LogP) is 0.678. The van der Waals surface area contributed by atoms with E-state index in [1.807, 2.05) is 29.6 Å². The molecule has 0 aliphatic rings. The molecule has 0 aliphatic carbocycles. The molecule has 1 rings (SSSR count). The molecular weight excluding hydrogens is 184 g/mol. The fourth-order valence-electron chi connectivity index (χ4n) is 1.28. The quantitative estimate of drug-likeness (QED) is 0.542. The highest BCUT2D eigenvalue weighted by Crippen LogP contribution is 2.16. The Morgan fingerprint density at radius 1 is 1.77 bits per heavy atom. The van der Waals surface area contributed by atoms with Crippen LogP contribution in [0.2, 0.25) is 0 Å². The van der Waals surface area contributed by atoms with Gasteiger partial charge in [-0.1, -0.05) is 0 Å². The fourth-order valence-corrected chi connectivity index (χ4v) is 1.75. The Morgan fingerprint density at radius 3 is 3.00 bits per heavy atom. The summed E-state index contributed by atoms with van der Waals surface area (Å²) in [5, 5.41) is 4.11. The normalized spacial score (nSPS) is 13.2. The lowest BCUT2D eigenvalue weighted by atomic mass is 10.2. The van der Waals surface area contributed by atoms with Crippen molar-refractivity contribution in [3.63, 3.8) is 0 Å². The van der Waals surface area contributed by atoms with E-state index in [1.54, 1.807) is 6.20 Å². The molecule has 0 aromatic carbocycles. The molecule has 4 nitrogen and oxygen atoms in total. The van der Waals surface area contributed by atoms with E-state index < -0.39 is 0 Å². The van der Waals surface area contributed by atoms with E-state index in [0.29, 0.717) is 0 Å². The largest absolute Gasteiger partial charge is 0.271 e. The summed E-state index contributed by atoms with van der Waals surface area (Å²) in [6.45, 7) is 0. The topological polar surface area (TPSA) is 55.9 Å². The fraction of sp³-hybridized carbons (Fsp3) is 0.625. The van der Waals surface area contributed by atoms with Crippen LogP contribution < -0.4 is 11.3 Å². The molecule has 0 saturated heterocycles. The Labute approximate surface area is 82.8 Å². The van der Waals surface area contributed by atoms with Crippen molar-refractivity contribution in [1.82, 2.24) is 15.2 Å². The van der Waals surface area contributed by atoms with Crippen molar-refractivity contribution in [2.45, 2.75) is 12.5 Å². The number of aryl methyl sites for hydroxylation is 1. The number of aromatic nitrogens is 2. The molecule has 5 heteroatoms. The molecular formula is C8H16N4S. The van der Waals surface area contributed by atoms with Crippen molar-refractivity contribution >= 4 is 11.8 Å². The van der Waals surface area contributed by atoms with Crippen LogP contribution in [0.3, 0.4) is 0 Å². The molecule has 1 unspecified atom stereocenters. The lowest BCUT2D eigenvalue weighted by Gasteiger charge is -2.15. The van der Waals surface area contributed by atoms with E-state index in [2.05, 4.69) is 16.8 Å². The highest BCUT2D eigenvalue weighted by Gasteiger charge is 2.11. The van der Waals surface area contributed by atoms with Crippen molar-refractivity contribution < 1.29 is 0 Å². The molecule has 0 amide bonds. The average molecular weight is 200 g/mol. The monoisotopic (exact) mass is 200 g/mol. The summed E-state index contributed by atoms with van der Waals surface area (Å²) in [6, 6.07) is 2.20. The van der Waals surface area contributed by atoms with Crippen LogP contribution in [0.1, 0.15) is 18.2 Å². The summed E-state index contributed by atoms with van der Waals surface area (Å²) in [5.41, 5.74) is 3.94. The molecule has 0 radical (unpaired) electrons. The van der Waals surface area contributed by atoms with Crippen LogP contribution in [-0.2, 0) is 7.05 Å². The number of rotatable bonds is 5. The summed E-state index contributed by atoms with van der Waals surface area (Å²) < 4.78 is 1.85. The van der Waals surface area contributed by atoms with Gasteiger partial charge in [0.25, 0.3) is 0 Å². The molecule has 0 aliphatic heterocycles. The molecule has 1 aromatic heterocycles. The van der Waals surface area contributed by atoms with Crippen molar-refractivity contribution in [2.24, 2.45) is 12.9 Å². The van der Waals surface area contributed by atoms with Crippen LogP contribution in [0, 0.1) is 0 Å². The maximum Gasteiger partial charge on any atom is 0.0636 e. The molecule has 3 N–H and O–H groups in total. The lowest BCUT2D eigenvalue weighted by molar-refractivity contribution is 0.501. The first-order chi connectivity index (χ1) is 6.29. The zero-order chi connectivity index (χ0) is 9.68. The SMILES string of the molecule is CSCCC(NN)c1ccnn1C. The van der Waals surface area contributed by atoms with Gasteiger partial charge in [0, 0.05) is 13.2 Å². The van der Waals surface area contributed by atoms with Gasteiger partial charge in [0.15, 0.2) is 0 Å². The van der Waals surface area contributed by atoms with E-state index in [4.69, 9.17) is 5.84 Å². The van der Waals surface area contributed by atoms with E-state index in [0.717, 1.165) is 17.9 Å². The second-order valence-electron chi connectivity index (χ2n) is 2.88. The zero-order valence-electron chi connectivity index (χ0n) is 8.03. The third-order valence-corrected chi connectivity index (χ3v) is 2.67. The average Bonchev–Trinajstić information content (AvgIpc) is 2.54. The minimum absolute atomic E-state index is 0.208. The van der Waals surface area contributed by atoms with Crippen molar-refractivity contribution in [3.8, 4) is 0 Å². The van der Waals surface area contributed by atoms with Gasteiger partial charge in [-0.15, -0.1) is 0 Å². The van der Waals surface area contributed by atoms with E-state index >= 15 is 0 Å². The van der Waals surface area contributed by atoms with Crippen LogP contribution in [0.15, 0.2) is 12.3 Å². The minimum Gasteiger partial charge on any atom is -0.271 e. The second-order valence-corrected chi connectivity index (χ2v) is 3.87. The van der Waals surface area contributed by atoms with Gasteiger partial charge < -0.3 is 0 Å². The Balaban J connectivity index is 2.61. The summed E-state index contributed by atoms with van der Waals surface area (Å²) in [5.74, 6) is 6.57. The maximum absolute atomic E-state index is 5.47. The predicted molar refractivity (Wildman–Crippen MR) is 56.3 cm³/mol. The first kappa shape index (κ1) is 10.6. The first-order valence-corrected chi connectivity index (χ1v) is 5.62. The Hall–Kier alpha value is -0.520. The van der Waals surface area contributed by atoms with Gasteiger partial charge in [0.2, 0.25) is 0 Å². The molecule has 0 bridgehead atoms. The first-order valence-electron chi connectivity index (χ1n) is 4.22. The van der Waals surface area contributed by atoms with Gasteiger partial charge in [0.1, 0.15) is 0 Å². The van der Waals surface area contributed by atoms with Gasteiger partial charge in [-0.25, -0.2) is 0 Å². The number of hydrogen-bond donors (Lipinski definition) is 2. The molecule has 13 heavy (non-hydrogen) atoms. The van der Waals surface area contributed by atoms with Crippen molar-refractivity contribution in [2.75, 3.05) is 12.0 Å². The molecule has 1 atom stereocenters. The number of nitrogens with one attached hydrogen (secondary N) is 1. The number of hydrazine groups is 1. The van der Waals surface area contributed by atoms with Crippen LogP contribution in [0.4, 0.5) is 0 Å². The minimum atomic E-state index is 0.208. The van der Waals surface area contributed by atoms with E-state index in [1.165, 1.54) is 0 Å². The lowest BCUT2D eigenvalue weighted by Crippen LogP contribution is -2.30. The summed E-state index contributed by atoms with van der Waals surface area (Å²) in [7, 11) is 1.93. The Kier molecular flexibility index (Phi) is 4.27. The van der Waals surface area contributed by atoms with Crippen LogP contribution in [0.5, 0.6) is 0 Å². The molecule has 0 saturated carbocycles. The number of thioether (sulfide) groups is 1. The number of nitrogens with zero attached hydrogens (tertiary/aromatic N) is 2. The van der Waals surface area contributed by atoms with Gasteiger partial charge in [-0.3, -0.25) is 16.0 Å². The van der Waals surface area contributed by atoms with Crippen molar-refractivity contribution in [1.29, 1.82) is 0 Å². The number of hydrogen-bond acceptors (Lipinski definition) is 4. The highest BCUT2D eigenvalue weighted by molar-refractivity contribution is 7.98. The van der Waals surface area contributed by atoms with Crippen LogP contribution in [-0.4, -0.2) is 21.8 Å². The van der Waals surface area contributed by atoms with Crippen LogP contribution >= 0.6 is 11.8 Å². The summed E-state index contributed by atoms with van der Waals surface area (Å²) >= 11 is 1.82. The molecule has 1 aromatic rings. The van der Waals surface area contributed by atoms with Gasteiger partial charge in [0.05, 0.1) is 11.7 Å². The zero-order valence-corrected chi connectivity index (χ0v) is 8.84. The smallest absolute Gasteiger partial charge is 0.0636 e. The molecule has 0 fully saturated rings. The van der Waals surface area contributed by atoms with Gasteiger partial charge in [-0.05, 0) is 24.5 Å². The standard InChI is InChI=1S/C8H16N4S/c1-12-8(3-5-10-12)7(11-9)4-6-13-2/h3,5,7,11H,4,6,9H2,1-2H3. The van der Waals surface area contributed by atoms with Gasteiger partial charge in [-0.2, -0.15) is 16.9 Å². The van der Waals surface area contributed by atoms with E-state index in [9.17, 15) is 0 Å². The summed E-state index contributed by atoms with van der Waals surface area (Å²) in [4.78, 5) is 0. The Bertz CT molecular complexity index is 248. The third kappa shape index (κ3) is 2.72.